The number of halogens is 2. The van der Waals surface area contributed by atoms with E-state index in [9.17, 15) is 13.2 Å². The lowest BCUT2D eigenvalue weighted by atomic mass is 9.88. The van der Waals surface area contributed by atoms with Crippen LogP contribution in [0.2, 0.25) is 10.0 Å². The fourth-order valence-corrected chi connectivity index (χ4v) is 6.89. The molecule has 1 saturated heterocycles. The maximum absolute atomic E-state index is 13.5. The molecule has 1 atom stereocenters. The molecule has 2 fully saturated rings. The molecule has 1 aromatic carbocycles. The Morgan fingerprint density at radius 1 is 1.12 bits per heavy atom. The maximum Gasteiger partial charge on any atom is 0.224 e. The first-order chi connectivity index (χ1) is 12.4. The average Bonchev–Trinajstić information content (AvgIpc) is 2.63. The molecule has 1 heterocycles. The second kappa shape index (κ2) is 8.05. The van der Waals surface area contributed by atoms with Crippen LogP contribution >= 0.6 is 23.2 Å². The van der Waals surface area contributed by atoms with Crippen LogP contribution in [0.15, 0.2) is 23.1 Å². The third-order valence-corrected chi connectivity index (χ3v) is 8.68. The molecule has 0 radical (unpaired) electrons. The minimum Gasteiger partial charge on any atom is -0.335 e. The van der Waals surface area contributed by atoms with E-state index in [1.165, 1.54) is 12.1 Å². The minimum absolute atomic E-state index is 0.0781. The van der Waals surface area contributed by atoms with Crippen molar-refractivity contribution in [3.05, 3.63) is 28.2 Å². The fourth-order valence-electron chi connectivity index (χ4n) is 3.91. The summed E-state index contributed by atoms with van der Waals surface area (Å²) in [4.78, 5) is 11.3. The van der Waals surface area contributed by atoms with Gasteiger partial charge in [0, 0.05) is 12.5 Å². The third kappa shape index (κ3) is 3.75. The van der Waals surface area contributed by atoms with Gasteiger partial charge in [-0.05, 0) is 44.4 Å². The quantitative estimate of drug-likeness (QED) is 0.783. The van der Waals surface area contributed by atoms with Gasteiger partial charge in [-0.3, -0.25) is 4.79 Å². The van der Waals surface area contributed by atoms with Crippen molar-refractivity contribution in [2.75, 3.05) is 13.1 Å². The summed E-state index contributed by atoms with van der Waals surface area (Å²) in [5.41, 5.74) is 0. The van der Waals surface area contributed by atoms with Gasteiger partial charge in [0.05, 0.1) is 10.0 Å². The van der Waals surface area contributed by atoms with Gasteiger partial charge < -0.3 is 10.6 Å². The van der Waals surface area contributed by atoms with Crippen LogP contribution in [0.25, 0.3) is 0 Å². The topological polar surface area (TPSA) is 75.3 Å². The average molecular weight is 419 g/mol. The Morgan fingerprint density at radius 3 is 2.35 bits per heavy atom. The van der Waals surface area contributed by atoms with E-state index in [2.05, 4.69) is 10.6 Å². The van der Waals surface area contributed by atoms with Crippen LogP contribution in [0.5, 0.6) is 0 Å². The van der Waals surface area contributed by atoms with Crippen LogP contribution in [0.1, 0.15) is 44.9 Å². The van der Waals surface area contributed by atoms with Crippen LogP contribution in [-0.2, 0) is 14.6 Å². The van der Waals surface area contributed by atoms with E-state index in [1.54, 1.807) is 6.07 Å². The normalized spacial score (nSPS) is 25.0. The predicted molar refractivity (Wildman–Crippen MR) is 103 cm³/mol. The lowest BCUT2D eigenvalue weighted by molar-refractivity contribution is -0.127. The second-order valence-corrected chi connectivity index (χ2v) is 10.2. The molecule has 144 valence electrons. The lowest BCUT2D eigenvalue weighted by Gasteiger charge is -2.39. The minimum atomic E-state index is -3.98. The zero-order valence-electron chi connectivity index (χ0n) is 14.6. The molecule has 2 aliphatic rings. The summed E-state index contributed by atoms with van der Waals surface area (Å²) in [6.07, 6.45) is 5.74. The summed E-state index contributed by atoms with van der Waals surface area (Å²) in [6.45, 7) is 0.863. The summed E-state index contributed by atoms with van der Waals surface area (Å²) >= 11 is 12.4. The predicted octanol–water partition coefficient (Wildman–Crippen LogP) is 3.54. The zero-order chi connectivity index (χ0) is 18.8. The standard InChI is InChI=1S/C18H24Cl2N2O3S/c19-14-8-4-9-15(20)16(14)26(24,25)18(10-5-11-21-12-18)22-17(23)13-6-2-1-3-7-13/h4,8-9,13,21H,1-3,5-7,10-12H2,(H,22,23)/t18-/m0/s1. The highest BCUT2D eigenvalue weighted by Crippen LogP contribution is 2.38. The van der Waals surface area contributed by atoms with Gasteiger partial charge >= 0.3 is 0 Å². The number of hydrogen-bond acceptors (Lipinski definition) is 4. The monoisotopic (exact) mass is 418 g/mol. The highest BCUT2D eigenvalue weighted by atomic mass is 35.5. The van der Waals surface area contributed by atoms with Gasteiger partial charge in [-0.15, -0.1) is 0 Å². The molecule has 0 spiro atoms. The molecule has 1 amide bonds. The summed E-state index contributed by atoms with van der Waals surface area (Å²) in [5.74, 6) is -0.306. The van der Waals surface area contributed by atoms with Gasteiger partial charge in [0.25, 0.3) is 0 Å². The smallest absolute Gasteiger partial charge is 0.224 e. The molecular weight excluding hydrogens is 395 g/mol. The molecule has 1 aliphatic heterocycles. The van der Waals surface area contributed by atoms with Crippen molar-refractivity contribution in [3.8, 4) is 0 Å². The third-order valence-electron chi connectivity index (χ3n) is 5.37. The van der Waals surface area contributed by atoms with E-state index in [4.69, 9.17) is 23.2 Å². The summed E-state index contributed by atoms with van der Waals surface area (Å²) in [6, 6.07) is 4.62. The molecule has 3 rings (SSSR count). The van der Waals surface area contributed by atoms with Gasteiger partial charge in [-0.25, -0.2) is 8.42 Å². The molecule has 0 unspecified atom stereocenters. The Balaban J connectivity index is 1.97. The van der Waals surface area contributed by atoms with E-state index >= 15 is 0 Å². The molecule has 1 aromatic rings. The molecule has 8 heteroatoms. The van der Waals surface area contributed by atoms with Gasteiger partial charge in [-0.2, -0.15) is 0 Å². The van der Waals surface area contributed by atoms with E-state index in [-0.39, 0.29) is 33.3 Å². The van der Waals surface area contributed by atoms with Crippen molar-refractivity contribution < 1.29 is 13.2 Å². The molecule has 1 aliphatic carbocycles. The van der Waals surface area contributed by atoms with E-state index in [0.29, 0.717) is 19.4 Å². The Hall–Kier alpha value is -0.820. The van der Waals surface area contributed by atoms with Crippen molar-refractivity contribution in [3.63, 3.8) is 0 Å². The Bertz CT molecular complexity index is 750. The van der Waals surface area contributed by atoms with Crippen molar-refractivity contribution >= 4 is 38.9 Å². The summed E-state index contributed by atoms with van der Waals surface area (Å²) in [7, 11) is -3.98. The Labute approximate surface area is 164 Å². The number of nitrogens with one attached hydrogen (secondary N) is 2. The number of carbonyl (C=O) groups is 1. The molecule has 2 N–H and O–H groups in total. The highest BCUT2D eigenvalue weighted by molar-refractivity contribution is 7.93. The zero-order valence-corrected chi connectivity index (χ0v) is 16.9. The molecular formula is C18H24Cl2N2O3S. The number of carbonyl (C=O) groups excluding carboxylic acids is 1. The second-order valence-electron chi connectivity index (χ2n) is 7.15. The van der Waals surface area contributed by atoms with Gasteiger partial charge in [0.1, 0.15) is 4.90 Å². The molecule has 0 bridgehead atoms. The molecule has 26 heavy (non-hydrogen) atoms. The van der Waals surface area contributed by atoms with Crippen LogP contribution in [0, 0.1) is 5.92 Å². The van der Waals surface area contributed by atoms with E-state index in [0.717, 1.165) is 32.1 Å². The largest absolute Gasteiger partial charge is 0.335 e. The number of hydrogen-bond donors (Lipinski definition) is 2. The number of amides is 1. The van der Waals surface area contributed by atoms with Crippen LogP contribution < -0.4 is 10.6 Å². The van der Waals surface area contributed by atoms with Crippen LogP contribution in [0.3, 0.4) is 0 Å². The Morgan fingerprint density at radius 2 is 1.77 bits per heavy atom. The lowest BCUT2D eigenvalue weighted by Crippen LogP contribution is -2.63. The van der Waals surface area contributed by atoms with Crippen LogP contribution in [0.4, 0.5) is 0 Å². The molecule has 1 saturated carbocycles. The van der Waals surface area contributed by atoms with Gasteiger partial charge in [-0.1, -0.05) is 48.5 Å². The maximum atomic E-state index is 13.5. The van der Waals surface area contributed by atoms with Crippen molar-refractivity contribution in [2.24, 2.45) is 5.92 Å². The first kappa shape index (κ1) is 19.9. The summed E-state index contributed by atoms with van der Waals surface area (Å²) < 4.78 is 27.1. The van der Waals surface area contributed by atoms with Crippen LogP contribution in [-0.4, -0.2) is 32.3 Å². The van der Waals surface area contributed by atoms with Gasteiger partial charge in [0.15, 0.2) is 4.87 Å². The van der Waals surface area contributed by atoms with Crippen molar-refractivity contribution in [2.45, 2.75) is 54.7 Å². The first-order valence-corrected chi connectivity index (χ1v) is 11.3. The number of sulfone groups is 1. The molecule has 5 nitrogen and oxygen atoms in total. The van der Waals surface area contributed by atoms with E-state index < -0.39 is 14.7 Å². The number of piperidine rings is 1. The fraction of sp³-hybridized carbons (Fsp3) is 0.611. The number of rotatable bonds is 4. The SMILES string of the molecule is O=C(N[C@]1(S(=O)(=O)c2c(Cl)cccc2Cl)CCCNC1)C1CCCCC1. The van der Waals surface area contributed by atoms with E-state index in [1.807, 2.05) is 0 Å². The highest BCUT2D eigenvalue weighted by Gasteiger charge is 2.49. The number of benzene rings is 1. The summed E-state index contributed by atoms with van der Waals surface area (Å²) in [5, 5.41) is 6.16. The molecule has 0 aromatic heterocycles. The van der Waals surface area contributed by atoms with Crippen molar-refractivity contribution in [1.82, 2.24) is 10.6 Å². The Kier molecular flexibility index (Phi) is 6.17. The van der Waals surface area contributed by atoms with Crippen molar-refractivity contribution in [1.29, 1.82) is 0 Å². The first-order valence-electron chi connectivity index (χ1n) is 9.09. The van der Waals surface area contributed by atoms with Gasteiger partial charge in [0.2, 0.25) is 15.7 Å².